The fraction of sp³-hybridized carbons (Fsp3) is 0.429. The maximum Gasteiger partial charge on any atom is 0.325 e. The number of hydrogen-bond acceptors (Lipinski definition) is 5. The normalized spacial score (nSPS) is 10.3. The molecule has 0 spiro atoms. The summed E-state index contributed by atoms with van der Waals surface area (Å²) >= 11 is 0. The molecule has 1 aromatic carbocycles. The van der Waals surface area contributed by atoms with Crippen molar-refractivity contribution in [2.24, 2.45) is 0 Å². The van der Waals surface area contributed by atoms with Gasteiger partial charge in [-0.1, -0.05) is 6.07 Å². The maximum atomic E-state index is 12.5. The number of nitro benzene ring substituents is 1. The molecule has 0 unspecified atom stereocenters. The molecule has 7 nitrogen and oxygen atoms in total. The quantitative estimate of drug-likeness (QED) is 0.470. The molecular formula is C14H18N2O5. The Bertz CT molecular complexity index is 568. The van der Waals surface area contributed by atoms with E-state index in [1.54, 1.807) is 26.8 Å². The molecule has 0 aromatic heterocycles. The van der Waals surface area contributed by atoms with Gasteiger partial charge in [-0.3, -0.25) is 19.7 Å². The number of hydrogen-bond donors (Lipinski definition) is 0. The van der Waals surface area contributed by atoms with Crippen LogP contribution in [0.25, 0.3) is 0 Å². The van der Waals surface area contributed by atoms with Crippen LogP contribution in [0.2, 0.25) is 0 Å². The van der Waals surface area contributed by atoms with E-state index in [1.165, 1.54) is 24.1 Å². The van der Waals surface area contributed by atoms with E-state index in [2.05, 4.69) is 4.74 Å². The van der Waals surface area contributed by atoms with Crippen molar-refractivity contribution in [3.05, 3.63) is 39.4 Å². The van der Waals surface area contributed by atoms with Crippen molar-refractivity contribution in [2.75, 3.05) is 13.7 Å². The predicted octanol–water partition coefficient (Wildman–Crippen LogP) is 1.93. The van der Waals surface area contributed by atoms with Crippen LogP contribution >= 0.6 is 0 Å². The molecule has 0 aliphatic rings. The van der Waals surface area contributed by atoms with Gasteiger partial charge in [0, 0.05) is 12.1 Å². The van der Waals surface area contributed by atoms with Crippen LogP contribution in [0.15, 0.2) is 18.2 Å². The van der Waals surface area contributed by atoms with Crippen molar-refractivity contribution < 1.29 is 19.2 Å². The standard InChI is InChI=1S/C14H18N2O5/c1-9(2)15(8-13(17)21-4)14(18)11-7-10(3)5-6-12(11)16(19)20/h5-7,9H,8H2,1-4H3. The Kier molecular flexibility index (Phi) is 5.40. The molecule has 0 aliphatic heterocycles. The number of aryl methyl sites for hydroxylation is 1. The first-order valence-corrected chi connectivity index (χ1v) is 6.40. The summed E-state index contributed by atoms with van der Waals surface area (Å²) in [5.74, 6) is -1.14. The summed E-state index contributed by atoms with van der Waals surface area (Å²) in [6.07, 6.45) is 0. The zero-order valence-corrected chi connectivity index (χ0v) is 12.5. The van der Waals surface area contributed by atoms with E-state index in [0.717, 1.165) is 5.56 Å². The number of amides is 1. The van der Waals surface area contributed by atoms with Gasteiger partial charge in [-0.25, -0.2) is 0 Å². The van der Waals surface area contributed by atoms with Crippen LogP contribution in [-0.4, -0.2) is 41.4 Å². The summed E-state index contributed by atoms with van der Waals surface area (Å²) in [7, 11) is 1.22. The fourth-order valence-electron chi connectivity index (χ4n) is 1.83. The van der Waals surface area contributed by atoms with E-state index in [0.29, 0.717) is 0 Å². The van der Waals surface area contributed by atoms with Crippen LogP contribution in [-0.2, 0) is 9.53 Å². The van der Waals surface area contributed by atoms with Crippen molar-refractivity contribution in [1.29, 1.82) is 0 Å². The van der Waals surface area contributed by atoms with Crippen LogP contribution in [0.4, 0.5) is 5.69 Å². The number of benzene rings is 1. The molecule has 1 amide bonds. The zero-order valence-electron chi connectivity index (χ0n) is 12.5. The number of methoxy groups -OCH3 is 1. The van der Waals surface area contributed by atoms with Crippen molar-refractivity contribution in [3.63, 3.8) is 0 Å². The summed E-state index contributed by atoms with van der Waals surface area (Å²) in [6, 6.07) is 4.01. The molecule has 1 rings (SSSR count). The lowest BCUT2D eigenvalue weighted by atomic mass is 10.1. The van der Waals surface area contributed by atoms with Gasteiger partial charge in [0.05, 0.1) is 12.0 Å². The van der Waals surface area contributed by atoms with Crippen LogP contribution in [0, 0.1) is 17.0 Å². The monoisotopic (exact) mass is 294 g/mol. The van der Waals surface area contributed by atoms with Gasteiger partial charge in [0.25, 0.3) is 11.6 Å². The van der Waals surface area contributed by atoms with Gasteiger partial charge in [0.1, 0.15) is 12.1 Å². The molecule has 0 heterocycles. The molecule has 7 heteroatoms. The smallest absolute Gasteiger partial charge is 0.325 e. The van der Waals surface area contributed by atoms with Crippen molar-refractivity contribution in [3.8, 4) is 0 Å². The second-order valence-corrected chi connectivity index (χ2v) is 4.88. The topological polar surface area (TPSA) is 89.8 Å². The molecule has 21 heavy (non-hydrogen) atoms. The first kappa shape index (κ1) is 16.6. The summed E-state index contributed by atoms with van der Waals surface area (Å²) in [6.45, 7) is 4.93. The van der Waals surface area contributed by atoms with Gasteiger partial charge in [-0.05, 0) is 32.4 Å². The van der Waals surface area contributed by atoms with Gasteiger partial charge in [0.2, 0.25) is 0 Å². The molecular weight excluding hydrogens is 276 g/mol. The summed E-state index contributed by atoms with van der Waals surface area (Å²) in [5.41, 5.74) is 0.421. The highest BCUT2D eigenvalue weighted by Crippen LogP contribution is 2.22. The van der Waals surface area contributed by atoms with E-state index in [-0.39, 0.29) is 23.8 Å². The number of nitro groups is 1. The highest BCUT2D eigenvalue weighted by Gasteiger charge is 2.28. The fourth-order valence-corrected chi connectivity index (χ4v) is 1.83. The molecule has 114 valence electrons. The van der Waals surface area contributed by atoms with Crippen LogP contribution < -0.4 is 0 Å². The average Bonchev–Trinajstić information content (AvgIpc) is 2.42. The molecule has 0 aliphatic carbocycles. The summed E-state index contributed by atoms with van der Waals surface area (Å²) in [5, 5.41) is 11.1. The van der Waals surface area contributed by atoms with Gasteiger partial charge < -0.3 is 9.64 Å². The second kappa shape index (κ2) is 6.83. The Morgan fingerprint density at radius 3 is 2.48 bits per heavy atom. The third-order valence-electron chi connectivity index (χ3n) is 2.99. The van der Waals surface area contributed by atoms with E-state index >= 15 is 0 Å². The van der Waals surface area contributed by atoms with E-state index < -0.39 is 16.8 Å². The maximum absolute atomic E-state index is 12.5. The Morgan fingerprint density at radius 1 is 1.38 bits per heavy atom. The minimum Gasteiger partial charge on any atom is -0.468 e. The highest BCUT2D eigenvalue weighted by atomic mass is 16.6. The van der Waals surface area contributed by atoms with Crippen molar-refractivity contribution >= 4 is 17.6 Å². The van der Waals surface area contributed by atoms with Crippen molar-refractivity contribution in [1.82, 2.24) is 4.90 Å². The van der Waals surface area contributed by atoms with E-state index in [9.17, 15) is 19.7 Å². The molecule has 0 saturated heterocycles. The van der Waals surface area contributed by atoms with Crippen molar-refractivity contribution in [2.45, 2.75) is 26.8 Å². The lowest BCUT2D eigenvalue weighted by molar-refractivity contribution is -0.385. The van der Waals surface area contributed by atoms with E-state index in [1.807, 2.05) is 0 Å². The number of rotatable bonds is 5. The Labute approximate surface area is 122 Å². The number of carbonyl (C=O) groups excluding carboxylic acids is 2. The number of esters is 1. The number of ether oxygens (including phenoxy) is 1. The number of nitrogens with zero attached hydrogens (tertiary/aromatic N) is 2. The predicted molar refractivity (Wildman–Crippen MR) is 76.0 cm³/mol. The van der Waals surface area contributed by atoms with E-state index in [4.69, 9.17) is 0 Å². The van der Waals surface area contributed by atoms with Crippen LogP contribution in [0.3, 0.4) is 0 Å². The highest BCUT2D eigenvalue weighted by molar-refractivity contribution is 5.99. The molecule has 0 saturated carbocycles. The van der Waals surface area contributed by atoms with Gasteiger partial charge in [-0.2, -0.15) is 0 Å². The van der Waals surface area contributed by atoms with Gasteiger partial charge >= 0.3 is 5.97 Å². The average molecular weight is 294 g/mol. The minimum atomic E-state index is -0.608. The van der Waals surface area contributed by atoms with Gasteiger partial charge in [0.15, 0.2) is 0 Å². The Morgan fingerprint density at radius 2 is 2.00 bits per heavy atom. The molecule has 0 atom stereocenters. The first-order chi connectivity index (χ1) is 9.77. The third-order valence-corrected chi connectivity index (χ3v) is 2.99. The molecule has 0 radical (unpaired) electrons. The molecule has 0 fully saturated rings. The molecule has 0 N–H and O–H groups in total. The van der Waals surface area contributed by atoms with Gasteiger partial charge in [-0.15, -0.1) is 0 Å². The Hall–Kier alpha value is -2.44. The lowest BCUT2D eigenvalue weighted by Crippen LogP contribution is -2.41. The lowest BCUT2D eigenvalue weighted by Gasteiger charge is -2.25. The van der Waals surface area contributed by atoms with Crippen LogP contribution in [0.5, 0.6) is 0 Å². The summed E-state index contributed by atoms with van der Waals surface area (Å²) in [4.78, 5) is 35.6. The Balaban J connectivity index is 3.23. The first-order valence-electron chi connectivity index (χ1n) is 6.40. The minimum absolute atomic E-state index is 0.0300. The second-order valence-electron chi connectivity index (χ2n) is 4.88. The third kappa shape index (κ3) is 4.01. The summed E-state index contributed by atoms with van der Waals surface area (Å²) < 4.78 is 4.55. The van der Waals surface area contributed by atoms with Crippen LogP contribution in [0.1, 0.15) is 29.8 Å². The zero-order chi connectivity index (χ0) is 16.2. The SMILES string of the molecule is COC(=O)CN(C(=O)c1cc(C)ccc1[N+](=O)[O-])C(C)C. The largest absolute Gasteiger partial charge is 0.468 e. The number of carbonyl (C=O) groups is 2. The molecule has 1 aromatic rings. The molecule has 0 bridgehead atoms.